The zero-order valence-corrected chi connectivity index (χ0v) is 9.54. The van der Waals surface area contributed by atoms with Crippen molar-refractivity contribution in [2.45, 2.75) is 46.6 Å². The van der Waals surface area contributed by atoms with Crippen molar-refractivity contribution in [3.8, 4) is 0 Å². The van der Waals surface area contributed by atoms with Crippen LogP contribution >= 0.6 is 11.6 Å². The Morgan fingerprint density at radius 3 is 2.42 bits per heavy atom. The molecule has 0 saturated heterocycles. The van der Waals surface area contributed by atoms with E-state index in [4.69, 9.17) is 11.6 Å². The van der Waals surface area contributed by atoms with Gasteiger partial charge in [-0.2, -0.15) is 0 Å². The highest BCUT2D eigenvalue weighted by molar-refractivity contribution is 6.17. The molecule has 0 rings (SSSR count). The maximum atomic E-state index is 5.71. The molecule has 1 atom stereocenters. The standard InChI is InChI=1S/C10H22ClN/c1-5-9(2)12-8-10(3,4)6-7-11/h9,12H,5-8H2,1-4H3. The second-order valence-corrected chi connectivity index (χ2v) is 4.67. The Bertz CT molecular complexity index is 112. The zero-order chi connectivity index (χ0) is 9.61. The van der Waals surface area contributed by atoms with E-state index in [1.54, 1.807) is 0 Å². The Morgan fingerprint density at radius 1 is 1.42 bits per heavy atom. The molecule has 0 bridgehead atoms. The van der Waals surface area contributed by atoms with Crippen LogP contribution in [0.1, 0.15) is 40.5 Å². The van der Waals surface area contributed by atoms with Crippen molar-refractivity contribution in [2.75, 3.05) is 12.4 Å². The van der Waals surface area contributed by atoms with E-state index < -0.39 is 0 Å². The predicted molar refractivity (Wildman–Crippen MR) is 56.9 cm³/mol. The first kappa shape index (κ1) is 12.2. The summed E-state index contributed by atoms with van der Waals surface area (Å²) in [4.78, 5) is 0. The van der Waals surface area contributed by atoms with Crippen LogP contribution in [0.5, 0.6) is 0 Å². The van der Waals surface area contributed by atoms with Crippen molar-refractivity contribution < 1.29 is 0 Å². The van der Waals surface area contributed by atoms with Crippen molar-refractivity contribution >= 4 is 11.6 Å². The van der Waals surface area contributed by atoms with Crippen LogP contribution in [0.3, 0.4) is 0 Å². The fraction of sp³-hybridized carbons (Fsp3) is 1.00. The minimum Gasteiger partial charge on any atom is -0.314 e. The lowest BCUT2D eigenvalue weighted by molar-refractivity contribution is 0.312. The summed E-state index contributed by atoms with van der Waals surface area (Å²) < 4.78 is 0. The quantitative estimate of drug-likeness (QED) is 0.637. The van der Waals surface area contributed by atoms with Gasteiger partial charge in [-0.3, -0.25) is 0 Å². The molecule has 0 aromatic carbocycles. The van der Waals surface area contributed by atoms with Gasteiger partial charge in [-0.05, 0) is 25.2 Å². The molecule has 0 radical (unpaired) electrons. The minimum absolute atomic E-state index is 0.338. The molecular formula is C10H22ClN. The molecule has 1 nitrogen and oxygen atoms in total. The predicted octanol–water partition coefficient (Wildman–Crippen LogP) is 3.03. The first-order chi connectivity index (χ1) is 5.52. The molecule has 0 heterocycles. The number of nitrogens with one attached hydrogen (secondary N) is 1. The summed E-state index contributed by atoms with van der Waals surface area (Å²) in [6.45, 7) is 9.99. The van der Waals surface area contributed by atoms with E-state index in [-0.39, 0.29) is 0 Å². The maximum absolute atomic E-state index is 5.71. The van der Waals surface area contributed by atoms with Gasteiger partial charge in [0.05, 0.1) is 0 Å². The molecule has 2 heteroatoms. The van der Waals surface area contributed by atoms with Crippen LogP contribution in [0.15, 0.2) is 0 Å². The van der Waals surface area contributed by atoms with Crippen LogP contribution in [0.25, 0.3) is 0 Å². The lowest BCUT2D eigenvalue weighted by Gasteiger charge is -2.26. The van der Waals surface area contributed by atoms with Crippen molar-refractivity contribution in [3.63, 3.8) is 0 Å². The van der Waals surface area contributed by atoms with E-state index >= 15 is 0 Å². The van der Waals surface area contributed by atoms with Crippen LogP contribution in [0.4, 0.5) is 0 Å². The van der Waals surface area contributed by atoms with Gasteiger partial charge in [0, 0.05) is 18.5 Å². The largest absolute Gasteiger partial charge is 0.314 e. The van der Waals surface area contributed by atoms with E-state index in [2.05, 4.69) is 33.0 Å². The monoisotopic (exact) mass is 191 g/mol. The Hall–Kier alpha value is 0.250. The highest BCUT2D eigenvalue weighted by atomic mass is 35.5. The summed E-state index contributed by atoms with van der Waals surface area (Å²) in [7, 11) is 0. The van der Waals surface area contributed by atoms with Gasteiger partial charge in [0.1, 0.15) is 0 Å². The Morgan fingerprint density at radius 2 is 2.00 bits per heavy atom. The van der Waals surface area contributed by atoms with E-state index in [9.17, 15) is 0 Å². The summed E-state index contributed by atoms with van der Waals surface area (Å²) in [5.41, 5.74) is 0.338. The Balaban J connectivity index is 3.59. The van der Waals surface area contributed by atoms with Crippen LogP contribution in [0.2, 0.25) is 0 Å². The first-order valence-electron chi connectivity index (χ1n) is 4.81. The third-order valence-corrected chi connectivity index (χ3v) is 2.50. The molecule has 12 heavy (non-hydrogen) atoms. The van der Waals surface area contributed by atoms with Crippen LogP contribution in [0, 0.1) is 5.41 Å². The summed E-state index contributed by atoms with van der Waals surface area (Å²) in [5, 5.41) is 3.50. The molecule has 0 fully saturated rings. The fourth-order valence-electron chi connectivity index (χ4n) is 0.939. The Kier molecular flexibility index (Phi) is 5.94. The van der Waals surface area contributed by atoms with Gasteiger partial charge >= 0.3 is 0 Å². The average molecular weight is 192 g/mol. The van der Waals surface area contributed by atoms with Gasteiger partial charge in [-0.25, -0.2) is 0 Å². The van der Waals surface area contributed by atoms with Crippen molar-refractivity contribution in [1.82, 2.24) is 5.32 Å². The molecule has 0 amide bonds. The molecule has 0 aliphatic carbocycles. The Labute approximate surface area is 81.9 Å². The normalized spacial score (nSPS) is 14.8. The number of hydrogen-bond donors (Lipinski definition) is 1. The molecule has 0 aromatic heterocycles. The number of alkyl halides is 1. The van der Waals surface area contributed by atoms with E-state index in [1.807, 2.05) is 0 Å². The molecule has 0 aliphatic rings. The van der Waals surface area contributed by atoms with Gasteiger partial charge in [0.15, 0.2) is 0 Å². The second-order valence-electron chi connectivity index (χ2n) is 4.29. The van der Waals surface area contributed by atoms with Crippen LogP contribution < -0.4 is 5.32 Å². The highest BCUT2D eigenvalue weighted by Crippen LogP contribution is 2.19. The van der Waals surface area contributed by atoms with E-state index in [0.29, 0.717) is 11.5 Å². The van der Waals surface area contributed by atoms with Gasteiger partial charge in [-0.1, -0.05) is 20.8 Å². The number of hydrogen-bond acceptors (Lipinski definition) is 1. The van der Waals surface area contributed by atoms with Gasteiger partial charge in [-0.15, -0.1) is 11.6 Å². The summed E-state index contributed by atoms with van der Waals surface area (Å²) in [5.74, 6) is 0.759. The van der Waals surface area contributed by atoms with Crippen molar-refractivity contribution in [1.29, 1.82) is 0 Å². The third-order valence-electron chi connectivity index (χ3n) is 2.31. The molecule has 1 unspecified atom stereocenters. The van der Waals surface area contributed by atoms with E-state index in [1.165, 1.54) is 6.42 Å². The van der Waals surface area contributed by atoms with Crippen LogP contribution in [-0.2, 0) is 0 Å². The van der Waals surface area contributed by atoms with E-state index in [0.717, 1.165) is 18.8 Å². The second kappa shape index (κ2) is 5.82. The van der Waals surface area contributed by atoms with Crippen molar-refractivity contribution in [3.05, 3.63) is 0 Å². The first-order valence-corrected chi connectivity index (χ1v) is 5.34. The topological polar surface area (TPSA) is 12.0 Å². The lowest BCUT2D eigenvalue weighted by Crippen LogP contribution is -2.35. The minimum atomic E-state index is 0.338. The van der Waals surface area contributed by atoms with Crippen LogP contribution in [-0.4, -0.2) is 18.5 Å². The molecule has 0 aromatic rings. The number of halogens is 1. The third kappa shape index (κ3) is 5.84. The van der Waals surface area contributed by atoms with Crippen molar-refractivity contribution in [2.24, 2.45) is 5.41 Å². The fourth-order valence-corrected chi connectivity index (χ4v) is 1.45. The molecule has 0 saturated carbocycles. The summed E-state index contributed by atoms with van der Waals surface area (Å²) >= 11 is 5.71. The smallest absolute Gasteiger partial charge is 0.0229 e. The highest BCUT2D eigenvalue weighted by Gasteiger charge is 2.16. The van der Waals surface area contributed by atoms with Gasteiger partial charge in [0.2, 0.25) is 0 Å². The lowest BCUT2D eigenvalue weighted by atomic mass is 9.90. The molecule has 0 aliphatic heterocycles. The molecular weight excluding hydrogens is 170 g/mol. The molecule has 0 spiro atoms. The average Bonchev–Trinajstić information content (AvgIpc) is 2.00. The SMILES string of the molecule is CCC(C)NCC(C)(C)CCCl. The summed E-state index contributed by atoms with van der Waals surface area (Å²) in [6.07, 6.45) is 2.27. The molecule has 1 N–H and O–H groups in total. The number of rotatable bonds is 6. The molecule has 74 valence electrons. The maximum Gasteiger partial charge on any atom is 0.0229 e. The van der Waals surface area contributed by atoms with Gasteiger partial charge < -0.3 is 5.32 Å². The zero-order valence-electron chi connectivity index (χ0n) is 8.78. The van der Waals surface area contributed by atoms with Gasteiger partial charge in [0.25, 0.3) is 0 Å². The summed E-state index contributed by atoms with van der Waals surface area (Å²) in [6, 6.07) is 0.625.